The number of methoxy groups -OCH3 is 1. The van der Waals surface area contributed by atoms with Gasteiger partial charge in [-0.3, -0.25) is 0 Å². The van der Waals surface area contributed by atoms with E-state index in [1.807, 2.05) is 42.5 Å². The zero-order valence-electron chi connectivity index (χ0n) is 13.8. The molecule has 3 rings (SSSR count). The van der Waals surface area contributed by atoms with E-state index in [1.54, 1.807) is 7.11 Å². The molecule has 0 fully saturated rings. The van der Waals surface area contributed by atoms with Gasteiger partial charge >= 0.3 is 0 Å². The maximum Gasteiger partial charge on any atom is 0.118 e. The fourth-order valence-electron chi connectivity index (χ4n) is 2.63. The number of hydrogen-bond donors (Lipinski definition) is 0. The first-order chi connectivity index (χ1) is 11.7. The number of rotatable bonds is 4. The van der Waals surface area contributed by atoms with Crippen LogP contribution in [0.3, 0.4) is 0 Å². The molecule has 3 aromatic carbocycles. The Balaban J connectivity index is 2.17. The molecule has 0 aliphatic heterocycles. The molecule has 0 saturated heterocycles. The highest BCUT2D eigenvalue weighted by Crippen LogP contribution is 2.35. The Morgan fingerprint density at radius 1 is 0.708 bits per heavy atom. The molecule has 2 heteroatoms. The van der Waals surface area contributed by atoms with Gasteiger partial charge in [0.2, 0.25) is 0 Å². The molecule has 0 aliphatic rings. The van der Waals surface area contributed by atoms with Crippen molar-refractivity contribution in [2.24, 2.45) is 0 Å². The van der Waals surface area contributed by atoms with E-state index in [0.717, 1.165) is 33.0 Å². The molecule has 24 heavy (non-hydrogen) atoms. The molecule has 0 spiro atoms. The third kappa shape index (κ3) is 3.52. The summed E-state index contributed by atoms with van der Waals surface area (Å²) >= 11 is 6.82. The van der Waals surface area contributed by atoms with Gasteiger partial charge in [0.15, 0.2) is 0 Å². The van der Waals surface area contributed by atoms with Crippen LogP contribution >= 0.6 is 11.6 Å². The monoisotopic (exact) mass is 334 g/mol. The summed E-state index contributed by atoms with van der Waals surface area (Å²) < 4.78 is 5.26. The summed E-state index contributed by atoms with van der Waals surface area (Å²) in [5, 5.41) is 0.742. The van der Waals surface area contributed by atoms with Crippen LogP contribution in [0.15, 0.2) is 78.9 Å². The highest BCUT2D eigenvalue weighted by molar-refractivity contribution is 6.53. The van der Waals surface area contributed by atoms with Crippen LogP contribution in [0, 0.1) is 6.92 Å². The van der Waals surface area contributed by atoms with Crippen molar-refractivity contribution in [3.05, 3.63) is 101 Å². The van der Waals surface area contributed by atoms with Crippen LogP contribution in [-0.4, -0.2) is 7.11 Å². The van der Waals surface area contributed by atoms with Gasteiger partial charge in [0, 0.05) is 5.57 Å². The Morgan fingerprint density at radius 2 is 1.25 bits per heavy atom. The fourth-order valence-corrected chi connectivity index (χ4v) is 2.97. The predicted octanol–water partition coefficient (Wildman–Crippen LogP) is 6.16. The first-order valence-corrected chi connectivity index (χ1v) is 8.23. The Bertz CT molecular complexity index is 831. The molecule has 0 amide bonds. The van der Waals surface area contributed by atoms with Crippen LogP contribution in [-0.2, 0) is 0 Å². The summed E-state index contributed by atoms with van der Waals surface area (Å²) in [6, 6.07) is 26.5. The van der Waals surface area contributed by atoms with Crippen molar-refractivity contribution in [2.45, 2.75) is 6.92 Å². The second kappa shape index (κ2) is 7.37. The third-order valence-corrected chi connectivity index (χ3v) is 4.37. The lowest BCUT2D eigenvalue weighted by molar-refractivity contribution is 0.415. The van der Waals surface area contributed by atoms with Crippen LogP contribution in [0.4, 0.5) is 0 Å². The Hall–Kier alpha value is -2.51. The van der Waals surface area contributed by atoms with Crippen molar-refractivity contribution in [3.8, 4) is 5.75 Å². The molecule has 0 aliphatic carbocycles. The van der Waals surface area contributed by atoms with Gasteiger partial charge < -0.3 is 4.74 Å². The highest BCUT2D eigenvalue weighted by Gasteiger charge is 2.12. The summed E-state index contributed by atoms with van der Waals surface area (Å²) in [5.74, 6) is 0.831. The Labute approximate surface area is 148 Å². The van der Waals surface area contributed by atoms with Crippen LogP contribution in [0.25, 0.3) is 10.6 Å². The maximum absolute atomic E-state index is 6.82. The number of benzene rings is 3. The molecule has 0 saturated carbocycles. The fraction of sp³-hybridized carbons (Fsp3) is 0.0909. The molecular formula is C22H19ClO. The summed E-state index contributed by atoms with van der Waals surface area (Å²) in [4.78, 5) is 0. The van der Waals surface area contributed by atoms with Crippen molar-refractivity contribution in [2.75, 3.05) is 7.11 Å². The van der Waals surface area contributed by atoms with Gasteiger partial charge in [-0.25, -0.2) is 0 Å². The zero-order valence-corrected chi connectivity index (χ0v) is 14.5. The normalized spacial score (nSPS) is 11.8. The number of aryl methyl sites for hydroxylation is 1. The largest absolute Gasteiger partial charge is 0.497 e. The quantitative estimate of drug-likeness (QED) is 0.519. The van der Waals surface area contributed by atoms with E-state index in [4.69, 9.17) is 16.3 Å². The van der Waals surface area contributed by atoms with Crippen molar-refractivity contribution in [1.82, 2.24) is 0 Å². The molecule has 1 nitrogen and oxygen atoms in total. The molecular weight excluding hydrogens is 316 g/mol. The van der Waals surface area contributed by atoms with E-state index < -0.39 is 0 Å². The molecule has 0 atom stereocenters. The SMILES string of the molecule is COc1ccc(/C(=C(\Cl)c2ccc(C)cc2)c2ccccc2)cc1. The molecule has 0 N–H and O–H groups in total. The molecule has 0 radical (unpaired) electrons. The zero-order chi connectivity index (χ0) is 16.9. The van der Waals surface area contributed by atoms with Gasteiger partial charge in [-0.05, 0) is 35.7 Å². The Kier molecular flexibility index (Phi) is 5.02. The minimum absolute atomic E-state index is 0.742. The average Bonchev–Trinajstić information content (AvgIpc) is 2.64. The molecule has 0 bridgehead atoms. The van der Waals surface area contributed by atoms with Crippen molar-refractivity contribution in [3.63, 3.8) is 0 Å². The van der Waals surface area contributed by atoms with Gasteiger partial charge in [0.25, 0.3) is 0 Å². The third-order valence-electron chi connectivity index (χ3n) is 3.97. The molecule has 0 unspecified atom stereocenters. The van der Waals surface area contributed by atoms with E-state index in [1.165, 1.54) is 5.56 Å². The lowest BCUT2D eigenvalue weighted by Gasteiger charge is -2.13. The van der Waals surface area contributed by atoms with E-state index >= 15 is 0 Å². The number of hydrogen-bond acceptors (Lipinski definition) is 1. The van der Waals surface area contributed by atoms with Crippen LogP contribution in [0.5, 0.6) is 5.75 Å². The summed E-state index contributed by atoms with van der Waals surface area (Å²) in [6.07, 6.45) is 0. The van der Waals surface area contributed by atoms with Gasteiger partial charge in [-0.15, -0.1) is 0 Å². The molecule has 120 valence electrons. The lowest BCUT2D eigenvalue weighted by Crippen LogP contribution is -1.92. The lowest BCUT2D eigenvalue weighted by atomic mass is 9.95. The van der Waals surface area contributed by atoms with E-state index in [0.29, 0.717) is 0 Å². The van der Waals surface area contributed by atoms with Crippen LogP contribution in [0.2, 0.25) is 0 Å². The highest BCUT2D eigenvalue weighted by atomic mass is 35.5. The van der Waals surface area contributed by atoms with Crippen molar-refractivity contribution in [1.29, 1.82) is 0 Å². The van der Waals surface area contributed by atoms with E-state index in [2.05, 4.69) is 43.3 Å². The van der Waals surface area contributed by atoms with Crippen LogP contribution in [0.1, 0.15) is 22.3 Å². The number of ether oxygens (including phenoxy) is 1. The summed E-state index contributed by atoms with van der Waals surface area (Å²) in [7, 11) is 1.67. The van der Waals surface area contributed by atoms with Gasteiger partial charge in [-0.1, -0.05) is 83.9 Å². The van der Waals surface area contributed by atoms with Gasteiger partial charge in [0.1, 0.15) is 5.75 Å². The topological polar surface area (TPSA) is 9.23 Å². The maximum atomic E-state index is 6.82. The van der Waals surface area contributed by atoms with Gasteiger partial charge in [-0.2, -0.15) is 0 Å². The van der Waals surface area contributed by atoms with E-state index in [9.17, 15) is 0 Å². The van der Waals surface area contributed by atoms with Gasteiger partial charge in [0.05, 0.1) is 12.1 Å². The second-order valence-electron chi connectivity index (χ2n) is 5.65. The summed E-state index contributed by atoms with van der Waals surface area (Å²) in [6.45, 7) is 2.07. The van der Waals surface area contributed by atoms with E-state index in [-0.39, 0.29) is 0 Å². The first-order valence-electron chi connectivity index (χ1n) is 7.85. The molecule has 3 aromatic rings. The molecule has 0 heterocycles. The second-order valence-corrected chi connectivity index (χ2v) is 6.03. The smallest absolute Gasteiger partial charge is 0.118 e. The number of halogens is 1. The van der Waals surface area contributed by atoms with Crippen molar-refractivity contribution >= 4 is 22.2 Å². The average molecular weight is 335 g/mol. The molecule has 0 aromatic heterocycles. The first kappa shape index (κ1) is 16.4. The minimum atomic E-state index is 0.742. The Morgan fingerprint density at radius 3 is 1.83 bits per heavy atom. The minimum Gasteiger partial charge on any atom is -0.497 e. The predicted molar refractivity (Wildman–Crippen MR) is 102 cm³/mol. The standard InChI is InChI=1S/C22H19ClO/c1-16-8-10-19(11-9-16)22(23)21(17-6-4-3-5-7-17)18-12-14-20(24-2)15-13-18/h3-15H,1-2H3/b22-21-. The summed E-state index contributed by atoms with van der Waals surface area (Å²) in [5.41, 5.74) is 5.40. The van der Waals surface area contributed by atoms with Crippen molar-refractivity contribution < 1.29 is 4.74 Å². The van der Waals surface area contributed by atoms with Crippen LogP contribution < -0.4 is 4.74 Å².